The largest absolute Gasteiger partial charge is 0.387 e. The summed E-state index contributed by atoms with van der Waals surface area (Å²) in [5.41, 5.74) is 11.3. The minimum atomic E-state index is -0.571. The Morgan fingerprint density at radius 1 is 0.944 bits per heavy atom. The highest BCUT2D eigenvalue weighted by atomic mass is 16.3. The van der Waals surface area contributed by atoms with E-state index in [1.807, 2.05) is 24.3 Å². The van der Waals surface area contributed by atoms with Crippen LogP contribution in [0.5, 0.6) is 0 Å². The average molecular weight is 241 g/mol. The molecule has 0 aliphatic heterocycles. The van der Waals surface area contributed by atoms with Crippen molar-refractivity contribution in [3.63, 3.8) is 0 Å². The maximum atomic E-state index is 9.65. The van der Waals surface area contributed by atoms with Crippen molar-refractivity contribution in [2.24, 2.45) is 5.73 Å². The number of aliphatic hydroxyl groups is 1. The summed E-state index contributed by atoms with van der Waals surface area (Å²) in [5, 5.41) is 9.65. The lowest BCUT2D eigenvalue weighted by Crippen LogP contribution is -2.11. The van der Waals surface area contributed by atoms with E-state index in [9.17, 15) is 5.11 Å². The second kappa shape index (κ2) is 5.34. The highest BCUT2D eigenvalue weighted by molar-refractivity contribution is 5.65. The van der Waals surface area contributed by atoms with Crippen molar-refractivity contribution in [2.45, 2.75) is 20.0 Å². The number of hydrogen-bond acceptors (Lipinski definition) is 2. The minimum absolute atomic E-state index is 0.253. The molecule has 0 aliphatic rings. The van der Waals surface area contributed by atoms with Crippen LogP contribution in [-0.2, 0) is 0 Å². The van der Waals surface area contributed by atoms with Gasteiger partial charge in [-0.25, -0.2) is 0 Å². The molecule has 0 saturated heterocycles. The van der Waals surface area contributed by atoms with Gasteiger partial charge in [-0.15, -0.1) is 0 Å². The molecule has 0 aliphatic carbocycles. The van der Waals surface area contributed by atoms with Crippen LogP contribution in [0.15, 0.2) is 42.5 Å². The van der Waals surface area contributed by atoms with Gasteiger partial charge >= 0.3 is 0 Å². The van der Waals surface area contributed by atoms with Crippen molar-refractivity contribution in [3.8, 4) is 11.1 Å². The van der Waals surface area contributed by atoms with Crippen molar-refractivity contribution in [3.05, 3.63) is 59.2 Å². The summed E-state index contributed by atoms with van der Waals surface area (Å²) in [6.07, 6.45) is -0.571. The summed E-state index contributed by atoms with van der Waals surface area (Å²) in [7, 11) is 0. The van der Waals surface area contributed by atoms with E-state index < -0.39 is 6.10 Å². The highest BCUT2D eigenvalue weighted by Gasteiger charge is 2.05. The Balaban J connectivity index is 2.31. The molecule has 0 heterocycles. The Labute approximate surface area is 108 Å². The SMILES string of the molecule is Cc1ccc(-c2ccc(C(O)CN)cc2)cc1C. The standard InChI is InChI=1S/C16H19NO/c1-11-3-4-15(9-12(11)2)13-5-7-14(8-6-13)16(18)10-17/h3-9,16,18H,10,17H2,1-2H3. The first-order chi connectivity index (χ1) is 8.61. The molecule has 0 bridgehead atoms. The third-order valence-corrected chi connectivity index (χ3v) is 3.36. The van der Waals surface area contributed by atoms with E-state index in [1.165, 1.54) is 16.7 Å². The van der Waals surface area contributed by atoms with Gasteiger partial charge in [0.05, 0.1) is 6.10 Å². The maximum absolute atomic E-state index is 9.65. The summed E-state index contributed by atoms with van der Waals surface area (Å²) in [4.78, 5) is 0. The Morgan fingerprint density at radius 2 is 1.56 bits per heavy atom. The first-order valence-corrected chi connectivity index (χ1v) is 6.17. The van der Waals surface area contributed by atoms with Crippen LogP contribution in [-0.4, -0.2) is 11.7 Å². The lowest BCUT2D eigenvalue weighted by molar-refractivity contribution is 0.187. The normalized spacial score (nSPS) is 12.4. The number of rotatable bonds is 3. The van der Waals surface area contributed by atoms with Crippen LogP contribution in [0.2, 0.25) is 0 Å². The molecule has 2 aromatic carbocycles. The van der Waals surface area contributed by atoms with Crippen molar-refractivity contribution in [2.75, 3.05) is 6.54 Å². The lowest BCUT2D eigenvalue weighted by Gasteiger charge is -2.10. The molecule has 0 saturated carbocycles. The quantitative estimate of drug-likeness (QED) is 0.867. The van der Waals surface area contributed by atoms with Crippen LogP contribution in [0.25, 0.3) is 11.1 Å². The molecular formula is C16H19NO. The van der Waals surface area contributed by atoms with Crippen molar-refractivity contribution in [1.29, 1.82) is 0 Å². The predicted octanol–water partition coefficient (Wildman–Crippen LogP) is 2.96. The zero-order valence-electron chi connectivity index (χ0n) is 10.9. The molecule has 1 unspecified atom stereocenters. The minimum Gasteiger partial charge on any atom is -0.387 e. The molecule has 1 atom stereocenters. The van der Waals surface area contributed by atoms with Gasteiger partial charge < -0.3 is 10.8 Å². The average Bonchev–Trinajstić information content (AvgIpc) is 2.41. The fraction of sp³-hybridized carbons (Fsp3) is 0.250. The molecule has 2 rings (SSSR count). The topological polar surface area (TPSA) is 46.2 Å². The van der Waals surface area contributed by atoms with Gasteiger partial charge in [0.15, 0.2) is 0 Å². The second-order valence-corrected chi connectivity index (χ2v) is 4.67. The number of aliphatic hydroxyl groups excluding tert-OH is 1. The molecule has 0 amide bonds. The zero-order chi connectivity index (χ0) is 13.1. The van der Waals surface area contributed by atoms with Crippen LogP contribution in [0.3, 0.4) is 0 Å². The molecule has 2 aromatic rings. The van der Waals surface area contributed by atoms with Crippen LogP contribution in [0.4, 0.5) is 0 Å². The summed E-state index contributed by atoms with van der Waals surface area (Å²) >= 11 is 0. The Bertz CT molecular complexity index is 531. The van der Waals surface area contributed by atoms with Gasteiger partial charge in [0, 0.05) is 6.54 Å². The smallest absolute Gasteiger partial charge is 0.0912 e. The van der Waals surface area contributed by atoms with E-state index >= 15 is 0 Å². The molecule has 0 spiro atoms. The summed E-state index contributed by atoms with van der Waals surface area (Å²) in [6, 6.07) is 14.4. The van der Waals surface area contributed by atoms with Gasteiger partial charge in [0.2, 0.25) is 0 Å². The van der Waals surface area contributed by atoms with Crippen LogP contribution in [0.1, 0.15) is 22.8 Å². The molecule has 18 heavy (non-hydrogen) atoms. The zero-order valence-corrected chi connectivity index (χ0v) is 10.9. The fourth-order valence-electron chi connectivity index (χ4n) is 1.95. The summed E-state index contributed by atoms with van der Waals surface area (Å²) < 4.78 is 0. The van der Waals surface area contributed by atoms with Crippen LogP contribution < -0.4 is 5.73 Å². The number of nitrogens with two attached hydrogens (primary N) is 1. The first kappa shape index (κ1) is 12.8. The van der Waals surface area contributed by atoms with E-state index in [0.29, 0.717) is 0 Å². The maximum Gasteiger partial charge on any atom is 0.0912 e. The molecule has 2 nitrogen and oxygen atoms in total. The lowest BCUT2D eigenvalue weighted by atomic mass is 9.98. The van der Waals surface area contributed by atoms with Gasteiger partial charge in [-0.2, -0.15) is 0 Å². The Hall–Kier alpha value is -1.64. The van der Waals surface area contributed by atoms with E-state index in [1.54, 1.807) is 0 Å². The predicted molar refractivity (Wildman–Crippen MR) is 75.4 cm³/mol. The molecule has 0 fully saturated rings. The number of hydrogen-bond donors (Lipinski definition) is 2. The first-order valence-electron chi connectivity index (χ1n) is 6.17. The van der Waals surface area contributed by atoms with E-state index in [2.05, 4.69) is 32.0 Å². The molecule has 0 radical (unpaired) electrons. The van der Waals surface area contributed by atoms with Gasteiger partial charge in [-0.1, -0.05) is 42.5 Å². The van der Waals surface area contributed by atoms with Crippen LogP contribution >= 0.6 is 0 Å². The van der Waals surface area contributed by atoms with Crippen molar-refractivity contribution >= 4 is 0 Å². The Morgan fingerprint density at radius 3 is 2.11 bits per heavy atom. The number of benzene rings is 2. The van der Waals surface area contributed by atoms with Gasteiger partial charge in [0.25, 0.3) is 0 Å². The molecule has 94 valence electrons. The van der Waals surface area contributed by atoms with Crippen molar-refractivity contribution in [1.82, 2.24) is 0 Å². The van der Waals surface area contributed by atoms with E-state index in [4.69, 9.17) is 5.73 Å². The molecular weight excluding hydrogens is 222 g/mol. The second-order valence-electron chi connectivity index (χ2n) is 4.67. The summed E-state index contributed by atoms with van der Waals surface area (Å²) in [5.74, 6) is 0. The van der Waals surface area contributed by atoms with Crippen molar-refractivity contribution < 1.29 is 5.11 Å². The molecule has 0 aromatic heterocycles. The Kier molecular flexibility index (Phi) is 3.80. The van der Waals surface area contributed by atoms with E-state index in [-0.39, 0.29) is 6.54 Å². The third-order valence-electron chi connectivity index (χ3n) is 3.36. The number of aryl methyl sites for hydroxylation is 2. The van der Waals surface area contributed by atoms with Gasteiger partial charge in [0.1, 0.15) is 0 Å². The van der Waals surface area contributed by atoms with Crippen LogP contribution in [0, 0.1) is 13.8 Å². The monoisotopic (exact) mass is 241 g/mol. The van der Waals surface area contributed by atoms with E-state index in [0.717, 1.165) is 11.1 Å². The highest BCUT2D eigenvalue weighted by Crippen LogP contribution is 2.23. The fourth-order valence-corrected chi connectivity index (χ4v) is 1.95. The van der Waals surface area contributed by atoms with Gasteiger partial charge in [-0.3, -0.25) is 0 Å². The van der Waals surface area contributed by atoms with Gasteiger partial charge in [-0.05, 0) is 41.7 Å². The molecule has 3 N–H and O–H groups in total. The molecule has 2 heteroatoms. The summed E-state index contributed by atoms with van der Waals surface area (Å²) in [6.45, 7) is 4.48. The third kappa shape index (κ3) is 2.61.